The lowest BCUT2D eigenvalue weighted by Gasteiger charge is -2.12. The third kappa shape index (κ3) is 3.14. The summed E-state index contributed by atoms with van der Waals surface area (Å²) in [6, 6.07) is 7.65. The van der Waals surface area contributed by atoms with Crippen LogP contribution in [0.3, 0.4) is 0 Å². The first-order valence-corrected chi connectivity index (χ1v) is 7.36. The number of fused-ring (bicyclic) bond motifs is 1. The Morgan fingerprint density at radius 1 is 1.48 bits per heavy atom. The number of hydrogen-bond acceptors (Lipinski definition) is 5. The third-order valence-electron chi connectivity index (χ3n) is 3.06. The number of nitrogens with one attached hydrogen (secondary N) is 1. The summed E-state index contributed by atoms with van der Waals surface area (Å²) in [5, 5.41) is 15.8. The molecule has 0 saturated carbocycles. The van der Waals surface area contributed by atoms with Crippen LogP contribution in [0.2, 0.25) is 0 Å². The van der Waals surface area contributed by atoms with Gasteiger partial charge in [0.2, 0.25) is 0 Å². The zero-order valence-corrected chi connectivity index (χ0v) is 12.3. The van der Waals surface area contributed by atoms with E-state index >= 15 is 0 Å². The van der Waals surface area contributed by atoms with Crippen LogP contribution in [-0.4, -0.2) is 32.6 Å². The van der Waals surface area contributed by atoms with Gasteiger partial charge in [-0.15, -0.1) is 0 Å². The molecule has 0 aliphatic rings. The SMILES string of the molecule is Cc1nn(CC(O)COc2ccc3cc[nH]c3c2)c(=O)s1. The molecule has 0 aliphatic heterocycles. The highest BCUT2D eigenvalue weighted by atomic mass is 32.1. The van der Waals surface area contributed by atoms with Crippen molar-refractivity contribution in [3.8, 4) is 5.75 Å². The van der Waals surface area contributed by atoms with Crippen molar-refractivity contribution in [3.63, 3.8) is 0 Å². The monoisotopic (exact) mass is 305 g/mol. The number of rotatable bonds is 5. The fourth-order valence-corrected chi connectivity index (χ4v) is 2.70. The van der Waals surface area contributed by atoms with Gasteiger partial charge in [0.15, 0.2) is 0 Å². The fourth-order valence-electron chi connectivity index (χ4n) is 2.09. The smallest absolute Gasteiger partial charge is 0.325 e. The second-order valence-electron chi connectivity index (χ2n) is 4.76. The lowest BCUT2D eigenvalue weighted by Crippen LogP contribution is -2.28. The van der Waals surface area contributed by atoms with Crippen LogP contribution in [0.5, 0.6) is 5.75 Å². The van der Waals surface area contributed by atoms with Crippen LogP contribution in [0.15, 0.2) is 35.3 Å². The van der Waals surface area contributed by atoms with Gasteiger partial charge in [0, 0.05) is 17.8 Å². The summed E-state index contributed by atoms with van der Waals surface area (Å²) in [6.07, 6.45) is 1.07. The molecule has 3 rings (SSSR count). The Bertz CT molecular complexity index is 805. The van der Waals surface area contributed by atoms with E-state index < -0.39 is 6.10 Å². The van der Waals surface area contributed by atoms with E-state index in [2.05, 4.69) is 10.1 Å². The maximum atomic E-state index is 11.5. The number of nitrogens with zero attached hydrogens (tertiary/aromatic N) is 2. The molecule has 1 aromatic carbocycles. The maximum Gasteiger partial charge on any atom is 0.325 e. The van der Waals surface area contributed by atoms with Gasteiger partial charge in [-0.1, -0.05) is 11.3 Å². The van der Waals surface area contributed by atoms with Gasteiger partial charge in [0.1, 0.15) is 23.5 Å². The van der Waals surface area contributed by atoms with E-state index in [9.17, 15) is 9.90 Å². The highest BCUT2D eigenvalue weighted by Crippen LogP contribution is 2.19. The summed E-state index contributed by atoms with van der Waals surface area (Å²) in [6.45, 7) is 2.00. The highest BCUT2D eigenvalue weighted by Gasteiger charge is 2.11. The van der Waals surface area contributed by atoms with Crippen LogP contribution in [0.1, 0.15) is 5.01 Å². The zero-order chi connectivity index (χ0) is 14.8. The second-order valence-corrected chi connectivity index (χ2v) is 5.90. The highest BCUT2D eigenvalue weighted by molar-refractivity contribution is 7.08. The van der Waals surface area contributed by atoms with Gasteiger partial charge >= 0.3 is 4.87 Å². The summed E-state index contributed by atoms with van der Waals surface area (Å²) in [7, 11) is 0. The molecule has 2 heterocycles. The normalized spacial score (nSPS) is 12.7. The lowest BCUT2D eigenvalue weighted by atomic mass is 10.2. The molecule has 0 fully saturated rings. The summed E-state index contributed by atoms with van der Waals surface area (Å²) in [5.41, 5.74) is 0.980. The molecule has 2 N–H and O–H groups in total. The van der Waals surface area contributed by atoms with Crippen LogP contribution < -0.4 is 9.61 Å². The molecule has 0 amide bonds. The molecule has 7 heteroatoms. The van der Waals surface area contributed by atoms with Gasteiger partial charge in [-0.25, -0.2) is 4.68 Å². The summed E-state index contributed by atoms with van der Waals surface area (Å²) >= 11 is 1.07. The number of H-pyrrole nitrogens is 1. The molecule has 110 valence electrons. The number of aromatic amines is 1. The molecule has 1 unspecified atom stereocenters. The second kappa shape index (κ2) is 5.71. The van der Waals surface area contributed by atoms with Crippen molar-refractivity contribution in [3.05, 3.63) is 45.1 Å². The average Bonchev–Trinajstić information content (AvgIpc) is 3.02. The number of benzene rings is 1. The Labute approximate surface area is 124 Å². The van der Waals surface area contributed by atoms with E-state index in [1.54, 1.807) is 6.92 Å². The Morgan fingerprint density at radius 2 is 2.33 bits per heavy atom. The number of aromatic nitrogens is 3. The predicted molar refractivity (Wildman–Crippen MR) is 80.9 cm³/mol. The van der Waals surface area contributed by atoms with Crippen molar-refractivity contribution < 1.29 is 9.84 Å². The first kappa shape index (κ1) is 13.8. The Balaban J connectivity index is 1.61. The number of aryl methyl sites for hydroxylation is 1. The Morgan fingerprint density at radius 3 is 3.10 bits per heavy atom. The van der Waals surface area contributed by atoms with Gasteiger partial charge in [0.05, 0.1) is 6.54 Å². The Kier molecular flexibility index (Phi) is 3.76. The standard InChI is InChI=1S/C14H15N3O3S/c1-9-16-17(14(19)21-9)7-11(18)8-20-12-3-2-10-4-5-15-13(10)6-12/h2-6,11,15,18H,7-8H2,1H3. The van der Waals surface area contributed by atoms with Crippen molar-refractivity contribution in [1.82, 2.24) is 14.8 Å². The number of ether oxygens (including phenoxy) is 1. The first-order valence-electron chi connectivity index (χ1n) is 6.54. The number of hydrogen-bond donors (Lipinski definition) is 2. The molecule has 0 saturated heterocycles. The van der Waals surface area contributed by atoms with E-state index in [1.165, 1.54) is 4.68 Å². The van der Waals surface area contributed by atoms with Crippen molar-refractivity contribution in [2.45, 2.75) is 19.6 Å². The van der Waals surface area contributed by atoms with Crippen LogP contribution >= 0.6 is 11.3 Å². The molecule has 3 aromatic rings. The molecular weight excluding hydrogens is 290 g/mol. The van der Waals surface area contributed by atoms with E-state index in [-0.39, 0.29) is 18.0 Å². The van der Waals surface area contributed by atoms with E-state index in [0.717, 1.165) is 22.2 Å². The molecular formula is C14H15N3O3S. The average molecular weight is 305 g/mol. The van der Waals surface area contributed by atoms with Gasteiger partial charge in [0.25, 0.3) is 0 Å². The summed E-state index contributed by atoms with van der Waals surface area (Å²) < 4.78 is 6.82. The van der Waals surface area contributed by atoms with Gasteiger partial charge < -0.3 is 14.8 Å². The van der Waals surface area contributed by atoms with Gasteiger partial charge in [-0.05, 0) is 30.5 Å². The van der Waals surface area contributed by atoms with Crippen LogP contribution in [0.25, 0.3) is 10.9 Å². The molecule has 0 spiro atoms. The molecule has 2 aromatic heterocycles. The number of aliphatic hydroxyl groups excluding tert-OH is 1. The third-order valence-corrected chi connectivity index (χ3v) is 3.82. The topological polar surface area (TPSA) is 80.1 Å². The Hall–Kier alpha value is -2.12. The molecule has 21 heavy (non-hydrogen) atoms. The lowest BCUT2D eigenvalue weighted by molar-refractivity contribution is 0.0886. The van der Waals surface area contributed by atoms with Crippen LogP contribution in [0.4, 0.5) is 0 Å². The quantitative estimate of drug-likeness (QED) is 0.749. The zero-order valence-electron chi connectivity index (χ0n) is 11.4. The molecule has 6 nitrogen and oxygen atoms in total. The van der Waals surface area contributed by atoms with Crippen molar-refractivity contribution in [1.29, 1.82) is 0 Å². The van der Waals surface area contributed by atoms with E-state index in [0.29, 0.717) is 10.8 Å². The minimum atomic E-state index is -0.788. The maximum absolute atomic E-state index is 11.5. The fraction of sp³-hybridized carbons (Fsp3) is 0.286. The molecule has 1 atom stereocenters. The van der Waals surface area contributed by atoms with Gasteiger partial charge in [-0.3, -0.25) is 4.79 Å². The van der Waals surface area contributed by atoms with Crippen molar-refractivity contribution in [2.24, 2.45) is 0 Å². The van der Waals surface area contributed by atoms with E-state index in [1.807, 2.05) is 30.5 Å². The minimum Gasteiger partial charge on any atom is -0.491 e. The first-order chi connectivity index (χ1) is 10.1. The predicted octanol–water partition coefficient (Wildman–Crippen LogP) is 1.53. The minimum absolute atomic E-state index is 0.106. The van der Waals surface area contributed by atoms with Crippen LogP contribution in [0, 0.1) is 6.92 Å². The van der Waals surface area contributed by atoms with Crippen molar-refractivity contribution in [2.75, 3.05) is 6.61 Å². The summed E-state index contributed by atoms with van der Waals surface area (Å²) in [5.74, 6) is 0.672. The summed E-state index contributed by atoms with van der Waals surface area (Å²) in [4.78, 5) is 14.5. The number of aliphatic hydroxyl groups is 1. The molecule has 0 aliphatic carbocycles. The molecule has 0 bridgehead atoms. The van der Waals surface area contributed by atoms with E-state index in [4.69, 9.17) is 4.74 Å². The van der Waals surface area contributed by atoms with Crippen molar-refractivity contribution >= 4 is 22.2 Å². The van der Waals surface area contributed by atoms with Gasteiger partial charge in [-0.2, -0.15) is 5.10 Å². The molecule has 0 radical (unpaired) electrons. The van der Waals surface area contributed by atoms with Crippen LogP contribution in [-0.2, 0) is 6.54 Å². The largest absolute Gasteiger partial charge is 0.491 e.